The van der Waals surface area contributed by atoms with Gasteiger partial charge in [-0.25, -0.2) is 15.0 Å². The number of pyridine rings is 1. The first-order chi connectivity index (χ1) is 15.5. The average molecular weight is 463 g/mol. The second kappa shape index (κ2) is 8.79. The Labute approximate surface area is 196 Å². The number of aromatic nitrogens is 3. The summed E-state index contributed by atoms with van der Waals surface area (Å²) in [7, 11) is 0. The van der Waals surface area contributed by atoms with Crippen LogP contribution in [0.3, 0.4) is 0 Å². The van der Waals surface area contributed by atoms with Gasteiger partial charge in [0.05, 0.1) is 16.0 Å². The zero-order valence-electron chi connectivity index (χ0n) is 18.6. The standard InChI is InChI=1S/C25H26N4OS2/c1-14(2)11-19-17-5-4-6-18(17)21-22-23(32-24(21)29-19)25(27-13-26-22)31-12-20(30)28-16-9-7-15(3)8-10-16/h7-10,13-14H,4-6,11-12H2,1-3H3,(H,28,30). The summed E-state index contributed by atoms with van der Waals surface area (Å²) >= 11 is 3.13. The zero-order valence-corrected chi connectivity index (χ0v) is 20.2. The van der Waals surface area contributed by atoms with Gasteiger partial charge in [-0.2, -0.15) is 0 Å². The lowest BCUT2D eigenvalue weighted by Gasteiger charge is -2.11. The molecule has 0 fully saturated rings. The maximum atomic E-state index is 12.5. The maximum absolute atomic E-state index is 12.5. The molecule has 3 heterocycles. The van der Waals surface area contributed by atoms with Crippen molar-refractivity contribution in [2.24, 2.45) is 5.92 Å². The number of carbonyl (C=O) groups excluding carboxylic acids is 1. The van der Waals surface area contributed by atoms with Gasteiger partial charge in [0.2, 0.25) is 5.91 Å². The fourth-order valence-electron chi connectivity index (χ4n) is 4.38. The number of amides is 1. The average Bonchev–Trinajstić information content (AvgIpc) is 3.38. The normalized spacial score (nSPS) is 13.2. The summed E-state index contributed by atoms with van der Waals surface area (Å²) in [6.45, 7) is 6.53. The highest BCUT2D eigenvalue weighted by atomic mass is 32.2. The third kappa shape index (κ3) is 4.11. The van der Waals surface area contributed by atoms with Crippen LogP contribution in [-0.2, 0) is 24.1 Å². The lowest BCUT2D eigenvalue weighted by Crippen LogP contribution is -2.14. The van der Waals surface area contributed by atoms with Crippen molar-refractivity contribution in [1.82, 2.24) is 15.0 Å². The fraction of sp³-hybridized carbons (Fsp3) is 0.360. The van der Waals surface area contributed by atoms with E-state index in [0.717, 1.165) is 45.0 Å². The Morgan fingerprint density at radius 2 is 1.94 bits per heavy atom. The van der Waals surface area contributed by atoms with Crippen molar-refractivity contribution in [3.63, 3.8) is 0 Å². The van der Waals surface area contributed by atoms with Gasteiger partial charge in [0.25, 0.3) is 0 Å². The first-order valence-corrected chi connectivity index (χ1v) is 12.9. The molecule has 0 saturated heterocycles. The number of hydrogen-bond acceptors (Lipinski definition) is 6. The molecule has 1 aliphatic carbocycles. The summed E-state index contributed by atoms with van der Waals surface area (Å²) in [5, 5.41) is 5.02. The third-order valence-electron chi connectivity index (χ3n) is 5.80. The Bertz CT molecular complexity index is 1310. The number of hydrogen-bond donors (Lipinski definition) is 1. The van der Waals surface area contributed by atoms with Gasteiger partial charge in [-0.3, -0.25) is 4.79 Å². The van der Waals surface area contributed by atoms with E-state index < -0.39 is 0 Å². The Hall–Kier alpha value is -2.51. The van der Waals surface area contributed by atoms with Crippen LogP contribution in [0.25, 0.3) is 20.4 Å². The van der Waals surface area contributed by atoms with Crippen LogP contribution in [0.2, 0.25) is 0 Å². The summed E-state index contributed by atoms with van der Waals surface area (Å²) in [5.41, 5.74) is 7.10. The van der Waals surface area contributed by atoms with Crippen LogP contribution < -0.4 is 5.32 Å². The summed E-state index contributed by atoms with van der Waals surface area (Å²) in [5.74, 6) is 0.847. The fourth-order valence-corrected chi connectivity index (χ4v) is 6.44. The van der Waals surface area contributed by atoms with Gasteiger partial charge in [0.15, 0.2) is 0 Å². The molecule has 3 aromatic heterocycles. The molecule has 1 N–H and O–H groups in total. The molecular weight excluding hydrogens is 436 g/mol. The van der Waals surface area contributed by atoms with E-state index in [1.165, 1.54) is 46.0 Å². The van der Waals surface area contributed by atoms with E-state index >= 15 is 0 Å². The van der Waals surface area contributed by atoms with Crippen LogP contribution in [-0.4, -0.2) is 26.6 Å². The van der Waals surface area contributed by atoms with Crippen molar-refractivity contribution in [2.45, 2.75) is 51.5 Å². The first kappa shape index (κ1) is 21.3. The molecule has 0 radical (unpaired) electrons. The molecule has 0 unspecified atom stereocenters. The number of nitrogens with one attached hydrogen (secondary N) is 1. The molecule has 0 saturated carbocycles. The SMILES string of the molecule is Cc1ccc(NC(=O)CSc2ncnc3c2sc2nc(CC(C)C)c4c(c23)CCC4)cc1. The van der Waals surface area contributed by atoms with Gasteiger partial charge in [0, 0.05) is 16.8 Å². The van der Waals surface area contributed by atoms with E-state index in [1.54, 1.807) is 17.7 Å². The Morgan fingerprint density at radius 1 is 1.16 bits per heavy atom. The molecule has 0 aliphatic heterocycles. The summed E-state index contributed by atoms with van der Waals surface area (Å²) in [4.78, 5) is 27.8. The number of thiophene rings is 1. The lowest BCUT2D eigenvalue weighted by molar-refractivity contribution is -0.113. The second-order valence-corrected chi connectivity index (χ2v) is 10.8. The number of fused-ring (bicyclic) bond motifs is 5. The van der Waals surface area contributed by atoms with Crippen molar-refractivity contribution in [2.75, 3.05) is 11.1 Å². The number of benzene rings is 1. The maximum Gasteiger partial charge on any atom is 0.234 e. The molecule has 0 atom stereocenters. The van der Waals surface area contributed by atoms with Crippen molar-refractivity contribution < 1.29 is 4.79 Å². The first-order valence-electron chi connectivity index (χ1n) is 11.1. The molecule has 1 aliphatic rings. The number of nitrogens with zero attached hydrogens (tertiary/aromatic N) is 3. The number of carbonyl (C=O) groups is 1. The van der Waals surface area contributed by atoms with Crippen LogP contribution >= 0.6 is 23.1 Å². The molecule has 0 spiro atoms. The molecule has 5 nitrogen and oxygen atoms in total. The zero-order chi connectivity index (χ0) is 22.2. The molecule has 0 bridgehead atoms. The highest BCUT2D eigenvalue weighted by molar-refractivity contribution is 8.00. The van der Waals surface area contributed by atoms with Gasteiger partial charge >= 0.3 is 0 Å². The number of anilines is 1. The molecule has 164 valence electrons. The topological polar surface area (TPSA) is 67.8 Å². The van der Waals surface area contributed by atoms with E-state index in [1.807, 2.05) is 31.2 Å². The third-order valence-corrected chi connectivity index (χ3v) is 8.00. The Balaban J connectivity index is 1.45. The van der Waals surface area contributed by atoms with E-state index in [2.05, 4.69) is 29.1 Å². The Morgan fingerprint density at radius 3 is 2.72 bits per heavy atom. The van der Waals surface area contributed by atoms with Gasteiger partial charge in [-0.05, 0) is 61.8 Å². The smallest absolute Gasteiger partial charge is 0.234 e. The molecule has 4 aromatic rings. The quantitative estimate of drug-likeness (QED) is 0.283. The van der Waals surface area contributed by atoms with Crippen LogP contribution in [0.15, 0.2) is 35.6 Å². The number of rotatable bonds is 6. The van der Waals surface area contributed by atoms with Crippen molar-refractivity contribution in [1.29, 1.82) is 0 Å². The molecule has 1 aromatic carbocycles. The van der Waals surface area contributed by atoms with Crippen LogP contribution in [0.1, 0.15) is 42.7 Å². The van der Waals surface area contributed by atoms with Gasteiger partial charge in [0.1, 0.15) is 16.2 Å². The molecule has 1 amide bonds. The lowest BCUT2D eigenvalue weighted by atomic mass is 9.99. The minimum absolute atomic E-state index is 0.0371. The molecule has 5 rings (SSSR count). The van der Waals surface area contributed by atoms with Gasteiger partial charge in [-0.1, -0.05) is 43.3 Å². The van der Waals surface area contributed by atoms with Gasteiger partial charge in [-0.15, -0.1) is 11.3 Å². The minimum Gasteiger partial charge on any atom is -0.325 e. The second-order valence-electron chi connectivity index (χ2n) is 8.81. The highest BCUT2D eigenvalue weighted by Crippen LogP contribution is 2.42. The van der Waals surface area contributed by atoms with Crippen LogP contribution in [0, 0.1) is 12.8 Å². The van der Waals surface area contributed by atoms with Gasteiger partial charge < -0.3 is 5.32 Å². The van der Waals surface area contributed by atoms with Crippen molar-refractivity contribution >= 4 is 55.1 Å². The van der Waals surface area contributed by atoms with Crippen molar-refractivity contribution in [3.05, 3.63) is 53.0 Å². The van der Waals surface area contributed by atoms with E-state index in [4.69, 9.17) is 4.98 Å². The van der Waals surface area contributed by atoms with E-state index in [0.29, 0.717) is 11.7 Å². The summed E-state index contributed by atoms with van der Waals surface area (Å²) < 4.78 is 1.04. The minimum atomic E-state index is -0.0371. The number of aryl methyl sites for hydroxylation is 2. The Kier molecular flexibility index (Phi) is 5.86. The molecule has 7 heteroatoms. The highest BCUT2D eigenvalue weighted by Gasteiger charge is 2.24. The van der Waals surface area contributed by atoms with E-state index in [9.17, 15) is 4.79 Å². The largest absolute Gasteiger partial charge is 0.325 e. The predicted molar refractivity (Wildman–Crippen MR) is 134 cm³/mol. The van der Waals surface area contributed by atoms with E-state index in [-0.39, 0.29) is 5.91 Å². The molecule has 32 heavy (non-hydrogen) atoms. The molecular formula is C25H26N4OS2. The van der Waals surface area contributed by atoms with Crippen LogP contribution in [0.5, 0.6) is 0 Å². The predicted octanol–water partition coefficient (Wildman–Crippen LogP) is 5.97. The van der Waals surface area contributed by atoms with Crippen molar-refractivity contribution in [3.8, 4) is 0 Å². The summed E-state index contributed by atoms with van der Waals surface area (Å²) in [6.07, 6.45) is 6.03. The summed E-state index contributed by atoms with van der Waals surface area (Å²) in [6, 6.07) is 7.83. The van der Waals surface area contributed by atoms with Crippen LogP contribution in [0.4, 0.5) is 5.69 Å². The number of thioether (sulfide) groups is 1. The monoisotopic (exact) mass is 462 g/mol.